The van der Waals surface area contributed by atoms with Crippen molar-refractivity contribution in [3.05, 3.63) is 35.4 Å². The lowest BCUT2D eigenvalue weighted by molar-refractivity contribution is -0.121. The minimum atomic E-state index is 0. The molecule has 0 radical (unpaired) electrons. The number of amides is 1. The van der Waals surface area contributed by atoms with E-state index in [2.05, 4.69) is 51.6 Å². The number of piperazine rings is 1. The van der Waals surface area contributed by atoms with Crippen molar-refractivity contribution in [1.29, 1.82) is 0 Å². The topological polar surface area (TPSA) is 47.6 Å². The fourth-order valence-electron chi connectivity index (χ4n) is 3.71. The van der Waals surface area contributed by atoms with E-state index in [0.717, 1.165) is 39.1 Å². The molecule has 2 heterocycles. The van der Waals surface area contributed by atoms with Gasteiger partial charge in [-0.3, -0.25) is 9.69 Å². The first-order chi connectivity index (χ1) is 12.2. The highest BCUT2D eigenvalue weighted by molar-refractivity contribution is 5.86. The minimum Gasteiger partial charge on any atom is -0.352 e. The van der Waals surface area contributed by atoms with Gasteiger partial charge in [0.05, 0.1) is 0 Å². The molecule has 2 fully saturated rings. The maximum atomic E-state index is 12.0. The molecular formula is C20H35Cl3N4O. The second kappa shape index (κ2) is 14.4. The summed E-state index contributed by atoms with van der Waals surface area (Å²) < 4.78 is 0. The van der Waals surface area contributed by atoms with Crippen LogP contribution in [0.1, 0.15) is 37.3 Å². The largest absolute Gasteiger partial charge is 0.352 e. The third-order valence-corrected chi connectivity index (χ3v) is 5.43. The van der Waals surface area contributed by atoms with Crippen molar-refractivity contribution in [2.24, 2.45) is 0 Å². The molecule has 2 aliphatic rings. The van der Waals surface area contributed by atoms with E-state index in [1.165, 1.54) is 30.6 Å². The molecule has 8 heteroatoms. The van der Waals surface area contributed by atoms with Gasteiger partial charge in [-0.1, -0.05) is 31.2 Å². The Morgan fingerprint density at radius 3 is 2.21 bits per heavy atom. The van der Waals surface area contributed by atoms with Gasteiger partial charge in [0.2, 0.25) is 5.91 Å². The Morgan fingerprint density at radius 2 is 1.64 bits per heavy atom. The van der Waals surface area contributed by atoms with Gasteiger partial charge >= 0.3 is 0 Å². The number of carbonyl (C=O) groups is 1. The van der Waals surface area contributed by atoms with Gasteiger partial charge < -0.3 is 15.5 Å². The molecule has 3 rings (SSSR count). The van der Waals surface area contributed by atoms with Gasteiger partial charge in [-0.2, -0.15) is 0 Å². The van der Waals surface area contributed by atoms with Crippen molar-refractivity contribution >= 4 is 43.1 Å². The van der Waals surface area contributed by atoms with Crippen LogP contribution in [-0.4, -0.2) is 61.0 Å². The number of halogens is 3. The van der Waals surface area contributed by atoms with Crippen LogP contribution in [0.5, 0.6) is 0 Å². The Hall–Kier alpha value is -0.560. The molecule has 1 aromatic rings. The Bertz CT molecular complexity index is 545. The van der Waals surface area contributed by atoms with E-state index in [1.54, 1.807) is 0 Å². The first-order valence-corrected chi connectivity index (χ1v) is 9.75. The Balaban J connectivity index is 0.00000243. The minimum absolute atomic E-state index is 0. The molecule has 2 saturated heterocycles. The quantitative estimate of drug-likeness (QED) is 0.666. The van der Waals surface area contributed by atoms with Crippen molar-refractivity contribution in [3.8, 4) is 0 Å². The zero-order chi connectivity index (χ0) is 17.5. The molecule has 162 valence electrons. The maximum absolute atomic E-state index is 12.0. The molecule has 1 amide bonds. The molecule has 2 aliphatic heterocycles. The molecule has 28 heavy (non-hydrogen) atoms. The highest BCUT2D eigenvalue weighted by atomic mass is 35.5. The van der Waals surface area contributed by atoms with Crippen LogP contribution in [-0.2, 0) is 17.9 Å². The van der Waals surface area contributed by atoms with Crippen LogP contribution in [0.15, 0.2) is 24.3 Å². The van der Waals surface area contributed by atoms with Gasteiger partial charge in [-0.05, 0) is 37.1 Å². The lowest BCUT2D eigenvalue weighted by Gasteiger charge is -2.34. The summed E-state index contributed by atoms with van der Waals surface area (Å²) in [5.41, 5.74) is 2.53. The fourth-order valence-corrected chi connectivity index (χ4v) is 3.71. The molecular weight excluding hydrogens is 419 g/mol. The third kappa shape index (κ3) is 8.85. The fraction of sp³-hybridized carbons (Fsp3) is 0.650. The zero-order valence-electron chi connectivity index (χ0n) is 16.7. The number of benzene rings is 1. The highest BCUT2D eigenvalue weighted by Gasteiger charge is 2.17. The maximum Gasteiger partial charge on any atom is 0.221 e. The van der Waals surface area contributed by atoms with E-state index in [0.29, 0.717) is 19.0 Å². The SMILES string of the molecule is CCN1CCN(Cc2ccc(CNC(=O)CC3CCCN3)cc2)CC1.Cl.Cl.Cl. The number of nitrogens with zero attached hydrogens (tertiary/aromatic N) is 2. The van der Waals surface area contributed by atoms with E-state index >= 15 is 0 Å². The standard InChI is InChI=1S/C20H32N4O.3ClH/c1-2-23-10-12-24(13-11-23)16-18-7-5-17(6-8-18)15-22-20(25)14-19-4-3-9-21-19;;;/h5-8,19,21H,2-4,9-16H2,1H3,(H,22,25);3*1H. The van der Waals surface area contributed by atoms with Crippen molar-refractivity contribution in [3.63, 3.8) is 0 Å². The molecule has 0 bridgehead atoms. The van der Waals surface area contributed by atoms with E-state index < -0.39 is 0 Å². The van der Waals surface area contributed by atoms with Crippen molar-refractivity contribution < 1.29 is 4.79 Å². The third-order valence-electron chi connectivity index (χ3n) is 5.43. The number of nitrogens with one attached hydrogen (secondary N) is 2. The lowest BCUT2D eigenvalue weighted by atomic mass is 10.1. The molecule has 0 spiro atoms. The summed E-state index contributed by atoms with van der Waals surface area (Å²) in [5.74, 6) is 0.150. The van der Waals surface area contributed by atoms with E-state index in [1.807, 2.05) is 0 Å². The van der Waals surface area contributed by atoms with Crippen molar-refractivity contribution in [2.45, 2.75) is 45.3 Å². The molecule has 0 saturated carbocycles. The lowest BCUT2D eigenvalue weighted by Crippen LogP contribution is -2.45. The van der Waals surface area contributed by atoms with Gasteiger partial charge in [-0.15, -0.1) is 37.2 Å². The smallest absolute Gasteiger partial charge is 0.221 e. The molecule has 5 nitrogen and oxygen atoms in total. The van der Waals surface area contributed by atoms with E-state index in [4.69, 9.17) is 0 Å². The van der Waals surface area contributed by atoms with Crippen molar-refractivity contribution in [1.82, 2.24) is 20.4 Å². The van der Waals surface area contributed by atoms with Crippen LogP contribution in [0.4, 0.5) is 0 Å². The number of hydrogen-bond acceptors (Lipinski definition) is 4. The summed E-state index contributed by atoms with van der Waals surface area (Å²) in [6, 6.07) is 9.06. The Labute approximate surface area is 188 Å². The summed E-state index contributed by atoms with van der Waals surface area (Å²) in [5, 5.41) is 6.41. The Kier molecular flexibility index (Phi) is 14.1. The van der Waals surface area contributed by atoms with Gasteiger partial charge in [0.1, 0.15) is 0 Å². The molecule has 2 N–H and O–H groups in total. The van der Waals surface area contributed by atoms with Crippen LogP contribution in [0.25, 0.3) is 0 Å². The van der Waals surface area contributed by atoms with Crippen LogP contribution in [0.2, 0.25) is 0 Å². The van der Waals surface area contributed by atoms with E-state index in [-0.39, 0.29) is 43.1 Å². The van der Waals surface area contributed by atoms with Gasteiger partial charge in [0.15, 0.2) is 0 Å². The molecule has 1 unspecified atom stereocenters. The van der Waals surface area contributed by atoms with Crippen LogP contribution < -0.4 is 10.6 Å². The Morgan fingerprint density at radius 1 is 1.04 bits per heavy atom. The predicted molar refractivity (Wildman–Crippen MR) is 123 cm³/mol. The second-order valence-electron chi connectivity index (χ2n) is 7.30. The van der Waals surface area contributed by atoms with Gasteiger partial charge in [-0.25, -0.2) is 0 Å². The summed E-state index contributed by atoms with van der Waals surface area (Å²) in [4.78, 5) is 17.0. The van der Waals surface area contributed by atoms with Crippen LogP contribution in [0.3, 0.4) is 0 Å². The first kappa shape index (κ1) is 27.4. The van der Waals surface area contributed by atoms with Gasteiger partial charge in [0.25, 0.3) is 0 Å². The average Bonchev–Trinajstić information content (AvgIpc) is 3.15. The molecule has 1 aromatic carbocycles. The highest BCUT2D eigenvalue weighted by Crippen LogP contribution is 2.11. The first-order valence-electron chi connectivity index (χ1n) is 9.75. The summed E-state index contributed by atoms with van der Waals surface area (Å²) in [7, 11) is 0. The van der Waals surface area contributed by atoms with Crippen LogP contribution >= 0.6 is 37.2 Å². The van der Waals surface area contributed by atoms with E-state index in [9.17, 15) is 4.79 Å². The monoisotopic (exact) mass is 452 g/mol. The summed E-state index contributed by atoms with van der Waals surface area (Å²) in [6.45, 7) is 10.8. The number of likely N-dealkylation sites (N-methyl/N-ethyl adjacent to an activating group) is 1. The normalized spacial score (nSPS) is 19.8. The van der Waals surface area contributed by atoms with Crippen LogP contribution in [0, 0.1) is 0 Å². The average molecular weight is 454 g/mol. The molecule has 0 aliphatic carbocycles. The predicted octanol–water partition coefficient (Wildman–Crippen LogP) is 2.85. The number of rotatable bonds is 7. The molecule has 1 atom stereocenters. The molecule has 0 aromatic heterocycles. The van der Waals surface area contributed by atoms with Crippen molar-refractivity contribution in [2.75, 3.05) is 39.3 Å². The summed E-state index contributed by atoms with van der Waals surface area (Å²) >= 11 is 0. The van der Waals surface area contributed by atoms with Gasteiger partial charge in [0, 0.05) is 51.7 Å². The second-order valence-corrected chi connectivity index (χ2v) is 7.30. The number of hydrogen-bond donors (Lipinski definition) is 2. The zero-order valence-corrected chi connectivity index (χ0v) is 19.1. The summed E-state index contributed by atoms with van der Waals surface area (Å²) in [6.07, 6.45) is 2.91. The number of carbonyl (C=O) groups excluding carboxylic acids is 1.